The molecule has 148 valence electrons. The van der Waals surface area contributed by atoms with Gasteiger partial charge in [0.25, 0.3) is 5.91 Å². The van der Waals surface area contributed by atoms with Crippen molar-refractivity contribution < 1.29 is 4.79 Å². The molecular weight excluding hydrogens is 372 g/mol. The van der Waals surface area contributed by atoms with E-state index in [-0.39, 0.29) is 11.9 Å². The molecule has 2 aliphatic rings. The van der Waals surface area contributed by atoms with E-state index in [1.165, 1.54) is 5.56 Å². The number of rotatable bonds is 5. The van der Waals surface area contributed by atoms with Gasteiger partial charge in [-0.1, -0.05) is 48.9 Å². The number of hydrogen-bond donors (Lipinski definition) is 0. The predicted molar refractivity (Wildman–Crippen MR) is 112 cm³/mol. The summed E-state index contributed by atoms with van der Waals surface area (Å²) in [6, 6.07) is 10.7. The van der Waals surface area contributed by atoms with Crippen LogP contribution in [-0.2, 0) is 0 Å². The zero-order valence-corrected chi connectivity index (χ0v) is 17.1. The molecule has 2 saturated heterocycles. The van der Waals surface area contributed by atoms with E-state index >= 15 is 0 Å². The van der Waals surface area contributed by atoms with Gasteiger partial charge in [0.15, 0.2) is 5.69 Å². The topological polar surface area (TPSA) is 49.3 Å². The number of carbonyl (C=O) groups is 1. The zero-order chi connectivity index (χ0) is 19.5. The number of amides is 1. The van der Waals surface area contributed by atoms with Gasteiger partial charge in [0.2, 0.25) is 5.95 Å². The van der Waals surface area contributed by atoms with Crippen LogP contribution in [0.25, 0.3) is 0 Å². The Morgan fingerprint density at radius 3 is 2.64 bits per heavy atom. The van der Waals surface area contributed by atoms with E-state index in [4.69, 9.17) is 11.6 Å². The highest BCUT2D eigenvalue weighted by atomic mass is 35.5. The fraction of sp³-hybridized carbons (Fsp3) is 0.500. The maximum atomic E-state index is 13.4. The Labute approximate surface area is 171 Å². The molecule has 6 heteroatoms. The Morgan fingerprint density at radius 2 is 1.93 bits per heavy atom. The number of nitrogens with zero attached hydrogens (tertiary/aromatic N) is 4. The molecule has 2 aromatic rings. The second-order valence-corrected chi connectivity index (χ2v) is 8.10. The number of benzene rings is 1. The molecule has 5 nitrogen and oxygen atoms in total. The second kappa shape index (κ2) is 8.48. The van der Waals surface area contributed by atoms with E-state index in [0.29, 0.717) is 22.6 Å². The number of hydrogen-bond acceptors (Lipinski definition) is 4. The molecular formula is C22H27ClN4O. The molecule has 0 N–H and O–H groups in total. The fourth-order valence-corrected chi connectivity index (χ4v) is 4.78. The number of halogens is 1. The monoisotopic (exact) mass is 398 g/mol. The third-order valence-electron chi connectivity index (χ3n) is 6.01. The Bertz CT molecular complexity index is 823. The Hall–Kier alpha value is -2.14. The summed E-state index contributed by atoms with van der Waals surface area (Å²) in [5.41, 5.74) is 1.63. The molecule has 0 bridgehead atoms. The van der Waals surface area contributed by atoms with Crippen LogP contribution in [0.15, 0.2) is 36.5 Å². The summed E-state index contributed by atoms with van der Waals surface area (Å²) in [5, 5.41) is 0.339. The number of aromatic nitrogens is 2. The first-order chi connectivity index (χ1) is 13.7. The van der Waals surface area contributed by atoms with E-state index in [1.807, 2.05) is 11.0 Å². The van der Waals surface area contributed by atoms with Crippen molar-refractivity contribution in [2.45, 2.75) is 51.0 Å². The van der Waals surface area contributed by atoms with Gasteiger partial charge in [0.1, 0.15) is 0 Å². The lowest BCUT2D eigenvalue weighted by Gasteiger charge is -2.31. The largest absolute Gasteiger partial charge is 0.341 e. The van der Waals surface area contributed by atoms with E-state index in [2.05, 4.69) is 46.1 Å². The Kier molecular flexibility index (Phi) is 5.81. The van der Waals surface area contributed by atoms with Crippen LogP contribution in [0, 0.1) is 0 Å². The Balaban J connectivity index is 1.61. The third-order valence-corrected chi connectivity index (χ3v) is 6.29. The number of anilines is 1. The van der Waals surface area contributed by atoms with Gasteiger partial charge in [-0.15, -0.1) is 0 Å². The average molecular weight is 399 g/mol. The minimum absolute atomic E-state index is 0.0651. The molecule has 2 fully saturated rings. The molecule has 0 aliphatic carbocycles. The highest BCUT2D eigenvalue weighted by Crippen LogP contribution is 2.35. The molecule has 0 spiro atoms. The van der Waals surface area contributed by atoms with Crippen molar-refractivity contribution in [1.29, 1.82) is 0 Å². The number of likely N-dealkylation sites (tertiary alicyclic amines) is 1. The summed E-state index contributed by atoms with van der Waals surface area (Å²) in [4.78, 5) is 26.5. The molecule has 2 atom stereocenters. The molecule has 3 heterocycles. The van der Waals surface area contributed by atoms with Crippen molar-refractivity contribution in [3.05, 3.63) is 52.8 Å². The van der Waals surface area contributed by atoms with Gasteiger partial charge in [-0.2, -0.15) is 0 Å². The van der Waals surface area contributed by atoms with Gasteiger partial charge in [-0.3, -0.25) is 4.79 Å². The van der Waals surface area contributed by atoms with Crippen LogP contribution < -0.4 is 4.90 Å². The first kappa shape index (κ1) is 19.2. The van der Waals surface area contributed by atoms with E-state index in [1.54, 1.807) is 6.20 Å². The van der Waals surface area contributed by atoms with Crippen molar-refractivity contribution >= 4 is 23.5 Å². The van der Waals surface area contributed by atoms with Crippen molar-refractivity contribution in [1.82, 2.24) is 14.9 Å². The van der Waals surface area contributed by atoms with Gasteiger partial charge in [0, 0.05) is 31.6 Å². The van der Waals surface area contributed by atoms with Gasteiger partial charge >= 0.3 is 0 Å². The fourth-order valence-electron chi connectivity index (χ4n) is 4.61. The van der Waals surface area contributed by atoms with Gasteiger partial charge in [-0.05, 0) is 37.7 Å². The van der Waals surface area contributed by atoms with Crippen LogP contribution in [0.3, 0.4) is 0 Å². The molecule has 1 aromatic heterocycles. The quantitative estimate of drug-likeness (QED) is 0.742. The normalized spacial score (nSPS) is 20.6. The van der Waals surface area contributed by atoms with Gasteiger partial charge in [0.05, 0.1) is 11.2 Å². The Morgan fingerprint density at radius 1 is 1.18 bits per heavy atom. The summed E-state index contributed by atoms with van der Waals surface area (Å²) in [6.45, 7) is 4.83. The first-order valence-corrected chi connectivity index (χ1v) is 10.7. The number of carbonyl (C=O) groups excluding carboxylic acids is 1. The zero-order valence-electron chi connectivity index (χ0n) is 16.4. The molecule has 1 amide bonds. The summed E-state index contributed by atoms with van der Waals surface area (Å²) in [6.07, 6.45) is 6.88. The van der Waals surface area contributed by atoms with E-state index in [0.717, 1.165) is 51.7 Å². The van der Waals surface area contributed by atoms with Crippen LogP contribution in [0.1, 0.15) is 61.0 Å². The summed E-state index contributed by atoms with van der Waals surface area (Å²) in [5.74, 6) is 0.882. The summed E-state index contributed by atoms with van der Waals surface area (Å²) >= 11 is 6.36. The smallest absolute Gasteiger partial charge is 0.274 e. The molecule has 4 rings (SSSR count). The van der Waals surface area contributed by atoms with Crippen molar-refractivity contribution in [2.75, 3.05) is 24.5 Å². The lowest BCUT2D eigenvalue weighted by atomic mass is 9.87. The van der Waals surface area contributed by atoms with Gasteiger partial charge < -0.3 is 9.80 Å². The second-order valence-electron chi connectivity index (χ2n) is 7.69. The lowest BCUT2D eigenvalue weighted by molar-refractivity contribution is 0.0708. The minimum atomic E-state index is -0.0651. The third kappa shape index (κ3) is 3.72. The van der Waals surface area contributed by atoms with Crippen LogP contribution in [0.2, 0.25) is 5.02 Å². The maximum Gasteiger partial charge on any atom is 0.274 e. The van der Waals surface area contributed by atoms with Crippen molar-refractivity contribution in [3.8, 4) is 0 Å². The highest BCUT2D eigenvalue weighted by molar-refractivity contribution is 6.33. The van der Waals surface area contributed by atoms with Gasteiger partial charge in [-0.25, -0.2) is 9.97 Å². The van der Waals surface area contributed by atoms with Crippen molar-refractivity contribution in [2.24, 2.45) is 0 Å². The molecule has 0 radical (unpaired) electrons. The lowest BCUT2D eigenvalue weighted by Crippen LogP contribution is -2.40. The van der Waals surface area contributed by atoms with Crippen LogP contribution >= 0.6 is 11.6 Å². The first-order valence-electron chi connectivity index (χ1n) is 10.3. The molecule has 2 aliphatic heterocycles. The standard InChI is InChI=1S/C22H27ClN4O/c1-2-17(16-9-4-3-5-10-16)19-11-8-14-27(19)21(28)20-18(23)15-24-22(25-20)26-12-6-7-13-26/h3-5,9-10,15,17,19H,2,6-8,11-14H2,1H3/t17-,19+/m1/s1. The average Bonchev–Trinajstić information content (AvgIpc) is 3.42. The summed E-state index contributed by atoms with van der Waals surface area (Å²) < 4.78 is 0. The molecule has 1 aromatic carbocycles. The highest BCUT2D eigenvalue weighted by Gasteiger charge is 2.36. The minimum Gasteiger partial charge on any atom is -0.341 e. The molecule has 0 unspecified atom stereocenters. The predicted octanol–water partition coefficient (Wildman–Crippen LogP) is 4.53. The van der Waals surface area contributed by atoms with E-state index < -0.39 is 0 Å². The SMILES string of the molecule is CC[C@H](c1ccccc1)[C@@H]1CCCN1C(=O)c1nc(N2CCCC2)ncc1Cl. The maximum absolute atomic E-state index is 13.4. The van der Waals surface area contributed by atoms with E-state index in [9.17, 15) is 4.79 Å². The molecule has 28 heavy (non-hydrogen) atoms. The summed E-state index contributed by atoms with van der Waals surface area (Å²) in [7, 11) is 0. The molecule has 0 saturated carbocycles. The van der Waals surface area contributed by atoms with Crippen LogP contribution in [-0.4, -0.2) is 46.5 Å². The van der Waals surface area contributed by atoms with Crippen LogP contribution in [0.4, 0.5) is 5.95 Å². The van der Waals surface area contributed by atoms with Crippen molar-refractivity contribution in [3.63, 3.8) is 0 Å². The van der Waals surface area contributed by atoms with Crippen LogP contribution in [0.5, 0.6) is 0 Å².